The first-order chi connectivity index (χ1) is 21.1. The lowest BCUT2D eigenvalue weighted by Crippen LogP contribution is -2.73. The zero-order valence-corrected chi connectivity index (χ0v) is 25.4. The zero-order chi connectivity index (χ0) is 35.2. The molecule has 0 heterocycles. The van der Waals surface area contributed by atoms with Gasteiger partial charge < -0.3 is 14.6 Å². The van der Waals surface area contributed by atoms with E-state index in [0.717, 1.165) is 60.8 Å². The standard InChI is InChI=1S/C29H32F12NO3P/c1-3-5-6-7-14-19-24(30,31)26(34,35)28(38,39)29(40,41)27(36,37)25(32,33)22(42-23(43)45-4-2)46(44,20-15-10-8-11-16-20)21-17-12-9-13-18-21/h8-13,15-18,22H,3-7,14,19H2,1-2H3,(H,42,43). The number of carbonyl (C=O) groups is 1. The summed E-state index contributed by atoms with van der Waals surface area (Å²) < 4.78 is 199. The van der Waals surface area contributed by atoms with Crippen molar-refractivity contribution in [2.45, 2.75) is 93.7 Å². The van der Waals surface area contributed by atoms with Crippen LogP contribution in [0.4, 0.5) is 57.5 Å². The number of rotatable bonds is 17. The fraction of sp³-hybridized carbons (Fsp3) is 0.552. The predicted molar refractivity (Wildman–Crippen MR) is 147 cm³/mol. The quantitative estimate of drug-likeness (QED) is 0.102. The SMILES string of the molecule is CCCCCCCC(F)(F)C(F)(F)C(F)(F)C(F)(F)C(F)(F)C(F)(F)C(NC(=O)OCC)P(=O)(c1ccccc1)c1ccccc1. The molecule has 0 aliphatic heterocycles. The van der Waals surface area contributed by atoms with Crippen LogP contribution in [-0.4, -0.2) is 54.0 Å². The van der Waals surface area contributed by atoms with Gasteiger partial charge in [-0.1, -0.05) is 93.3 Å². The first kappa shape index (κ1) is 39.3. The fourth-order valence-corrected chi connectivity index (χ4v) is 7.58. The van der Waals surface area contributed by atoms with Gasteiger partial charge in [0.25, 0.3) is 0 Å². The second-order valence-corrected chi connectivity index (χ2v) is 13.3. The fourth-order valence-electron chi connectivity index (χ4n) is 4.55. The average molecular weight is 702 g/mol. The Labute approximate surface area is 257 Å². The Balaban J connectivity index is 2.77. The van der Waals surface area contributed by atoms with Crippen LogP contribution < -0.4 is 15.9 Å². The van der Waals surface area contributed by atoms with Gasteiger partial charge in [-0.3, -0.25) is 0 Å². The number of unbranched alkanes of at least 4 members (excludes halogenated alkanes) is 4. The van der Waals surface area contributed by atoms with Crippen LogP contribution in [0.1, 0.15) is 52.4 Å². The van der Waals surface area contributed by atoms with Gasteiger partial charge in [0.1, 0.15) is 0 Å². The van der Waals surface area contributed by atoms with Crippen LogP contribution in [0.5, 0.6) is 0 Å². The van der Waals surface area contributed by atoms with Gasteiger partial charge in [0, 0.05) is 17.0 Å². The van der Waals surface area contributed by atoms with Gasteiger partial charge in [-0.15, -0.1) is 0 Å². The van der Waals surface area contributed by atoms with Crippen LogP contribution in [0, 0.1) is 0 Å². The topological polar surface area (TPSA) is 55.4 Å². The van der Waals surface area contributed by atoms with Crippen molar-refractivity contribution in [2.24, 2.45) is 0 Å². The molecule has 2 aromatic rings. The molecule has 0 fully saturated rings. The number of carbonyl (C=O) groups excluding carboxylic acids is 1. The van der Waals surface area contributed by atoms with Crippen molar-refractivity contribution in [3.05, 3.63) is 60.7 Å². The molecule has 1 amide bonds. The van der Waals surface area contributed by atoms with E-state index in [-0.39, 0.29) is 12.8 Å². The van der Waals surface area contributed by atoms with E-state index in [9.17, 15) is 35.7 Å². The highest BCUT2D eigenvalue weighted by molar-refractivity contribution is 7.79. The van der Waals surface area contributed by atoms with Crippen molar-refractivity contribution in [3.8, 4) is 0 Å². The predicted octanol–water partition coefficient (Wildman–Crippen LogP) is 9.25. The van der Waals surface area contributed by atoms with Gasteiger partial charge in [-0.05, 0) is 13.3 Å². The molecule has 2 rings (SSSR count). The van der Waals surface area contributed by atoms with Crippen molar-refractivity contribution in [2.75, 3.05) is 6.61 Å². The zero-order valence-electron chi connectivity index (χ0n) is 24.5. The molecule has 4 nitrogen and oxygen atoms in total. The monoisotopic (exact) mass is 701 g/mol. The van der Waals surface area contributed by atoms with E-state index in [0.29, 0.717) is 12.8 Å². The number of halogens is 12. The van der Waals surface area contributed by atoms with Crippen molar-refractivity contribution in [1.82, 2.24) is 5.32 Å². The number of hydrogen-bond donors (Lipinski definition) is 1. The molecule has 2 aromatic carbocycles. The maximum atomic E-state index is 15.9. The molecule has 46 heavy (non-hydrogen) atoms. The molecule has 0 spiro atoms. The van der Waals surface area contributed by atoms with E-state index in [2.05, 4.69) is 4.74 Å². The normalized spacial score (nSPS) is 14.6. The lowest BCUT2D eigenvalue weighted by atomic mass is 9.89. The molecule has 0 saturated heterocycles. The van der Waals surface area contributed by atoms with E-state index < -0.39 is 84.6 Å². The summed E-state index contributed by atoms with van der Waals surface area (Å²) in [7, 11) is -5.60. The molecule has 1 N–H and O–H groups in total. The lowest BCUT2D eigenvalue weighted by Gasteiger charge is -2.44. The van der Waals surface area contributed by atoms with Crippen LogP contribution >= 0.6 is 7.14 Å². The van der Waals surface area contributed by atoms with E-state index in [4.69, 9.17) is 0 Å². The largest absolute Gasteiger partial charge is 0.450 e. The van der Waals surface area contributed by atoms with Crippen LogP contribution in [0.25, 0.3) is 0 Å². The summed E-state index contributed by atoms with van der Waals surface area (Å²) in [6.07, 6.45) is -4.19. The number of amides is 1. The van der Waals surface area contributed by atoms with Gasteiger partial charge in [0.05, 0.1) is 6.61 Å². The van der Waals surface area contributed by atoms with Crippen LogP contribution in [-0.2, 0) is 9.30 Å². The molecule has 17 heteroatoms. The summed E-state index contributed by atoms with van der Waals surface area (Å²) in [4.78, 5) is 12.3. The lowest BCUT2D eigenvalue weighted by molar-refractivity contribution is -0.425. The molecule has 1 atom stereocenters. The summed E-state index contributed by atoms with van der Waals surface area (Å²) in [5.41, 5.74) is 0. The minimum atomic E-state index is -7.93. The summed E-state index contributed by atoms with van der Waals surface area (Å²) in [5, 5.41) is -0.497. The third-order valence-electron chi connectivity index (χ3n) is 7.17. The van der Waals surface area contributed by atoms with Gasteiger partial charge in [-0.25, -0.2) is 4.79 Å². The Hall–Kier alpha value is -2.90. The first-order valence-electron chi connectivity index (χ1n) is 14.0. The van der Waals surface area contributed by atoms with Crippen LogP contribution in [0.15, 0.2) is 60.7 Å². The van der Waals surface area contributed by atoms with Crippen LogP contribution in [0.3, 0.4) is 0 Å². The van der Waals surface area contributed by atoms with Crippen LogP contribution in [0.2, 0.25) is 0 Å². The molecule has 0 aliphatic rings. The maximum Gasteiger partial charge on any atom is 0.407 e. The molecule has 1 unspecified atom stereocenters. The summed E-state index contributed by atoms with van der Waals surface area (Å²) in [6.45, 7) is 2.14. The molecule has 0 aromatic heterocycles. The van der Waals surface area contributed by atoms with E-state index >= 15 is 26.3 Å². The summed E-state index contributed by atoms with van der Waals surface area (Å²) >= 11 is 0. The highest BCUT2D eigenvalue weighted by Crippen LogP contribution is 2.64. The van der Waals surface area contributed by atoms with E-state index in [1.807, 2.05) is 0 Å². The number of hydrogen-bond acceptors (Lipinski definition) is 3. The van der Waals surface area contributed by atoms with Gasteiger partial charge in [-0.2, -0.15) is 52.7 Å². The second kappa shape index (κ2) is 14.5. The Morgan fingerprint density at radius 1 is 0.674 bits per heavy atom. The molecule has 0 bridgehead atoms. The average Bonchev–Trinajstić information content (AvgIpc) is 2.99. The molecule has 0 radical (unpaired) electrons. The molecular weight excluding hydrogens is 669 g/mol. The van der Waals surface area contributed by atoms with Crippen molar-refractivity contribution < 1.29 is 66.8 Å². The number of alkyl carbamates (subject to hydrolysis) is 1. The number of nitrogens with one attached hydrogen (secondary N) is 1. The maximum absolute atomic E-state index is 15.9. The number of ether oxygens (including phenoxy) is 1. The highest BCUT2D eigenvalue weighted by atomic mass is 31.2. The van der Waals surface area contributed by atoms with Gasteiger partial charge >= 0.3 is 41.6 Å². The molecule has 0 saturated carbocycles. The number of alkyl halides is 12. The van der Waals surface area contributed by atoms with Crippen molar-refractivity contribution >= 4 is 23.8 Å². The number of benzene rings is 2. The summed E-state index contributed by atoms with van der Waals surface area (Å²) in [5.74, 6) is -47.6. The smallest absolute Gasteiger partial charge is 0.407 e. The van der Waals surface area contributed by atoms with Crippen molar-refractivity contribution in [3.63, 3.8) is 0 Å². The Morgan fingerprint density at radius 3 is 1.54 bits per heavy atom. The minimum Gasteiger partial charge on any atom is -0.450 e. The Bertz CT molecular complexity index is 1280. The van der Waals surface area contributed by atoms with Crippen molar-refractivity contribution in [1.29, 1.82) is 0 Å². The molecule has 0 aliphatic carbocycles. The van der Waals surface area contributed by atoms with E-state index in [1.165, 1.54) is 12.1 Å². The Kier molecular flexibility index (Phi) is 12.4. The Morgan fingerprint density at radius 2 is 1.11 bits per heavy atom. The minimum absolute atomic E-state index is 0.173. The highest BCUT2D eigenvalue weighted by Gasteiger charge is 2.91. The van der Waals surface area contributed by atoms with Gasteiger partial charge in [0.2, 0.25) is 0 Å². The third-order valence-corrected chi connectivity index (χ3v) is 10.5. The van der Waals surface area contributed by atoms with E-state index in [1.54, 1.807) is 6.92 Å². The molecular formula is C29H32F12NO3P. The first-order valence-corrected chi connectivity index (χ1v) is 15.8. The molecule has 260 valence electrons. The van der Waals surface area contributed by atoms with Gasteiger partial charge in [0.15, 0.2) is 12.9 Å². The summed E-state index contributed by atoms with van der Waals surface area (Å²) in [6, 6.07) is 9.92. The third kappa shape index (κ3) is 7.01. The second-order valence-electron chi connectivity index (χ2n) is 10.4.